The van der Waals surface area contributed by atoms with Crippen LogP contribution in [0.5, 0.6) is 5.75 Å². The molecule has 4 aromatic rings. The number of halogens is 2. The van der Waals surface area contributed by atoms with Crippen molar-refractivity contribution in [2.45, 2.75) is 32.5 Å². The molecule has 0 radical (unpaired) electrons. The zero-order valence-electron chi connectivity index (χ0n) is 20.2. The van der Waals surface area contributed by atoms with Crippen molar-refractivity contribution in [1.29, 1.82) is 0 Å². The van der Waals surface area contributed by atoms with Gasteiger partial charge in [-0.05, 0) is 79.7 Å². The predicted octanol–water partition coefficient (Wildman–Crippen LogP) is 6.98. The van der Waals surface area contributed by atoms with Crippen molar-refractivity contribution >= 4 is 40.5 Å². The predicted molar refractivity (Wildman–Crippen MR) is 149 cm³/mol. The van der Waals surface area contributed by atoms with Crippen molar-refractivity contribution in [1.82, 2.24) is 19.8 Å². The summed E-state index contributed by atoms with van der Waals surface area (Å²) in [6.07, 6.45) is 1.82. The summed E-state index contributed by atoms with van der Waals surface area (Å²) in [5.41, 5.74) is 6.23. The normalized spacial score (nSPS) is 17.4. The summed E-state index contributed by atoms with van der Waals surface area (Å²) in [6, 6.07) is 21.8. The van der Waals surface area contributed by atoms with E-state index in [1.54, 1.807) is 13.2 Å². The fourth-order valence-electron chi connectivity index (χ4n) is 4.96. The molecule has 2 aromatic carbocycles. The number of pyridine rings is 1. The number of methoxy groups -OCH3 is 1. The number of hydrogen-bond acceptors (Lipinski definition) is 3. The van der Waals surface area contributed by atoms with Gasteiger partial charge in [0, 0.05) is 24.1 Å². The molecule has 0 spiro atoms. The topological polar surface area (TPSA) is 42.3 Å². The average molecular weight is 538 g/mol. The molecule has 0 amide bonds. The summed E-state index contributed by atoms with van der Waals surface area (Å²) >= 11 is 18.9. The molecule has 0 aliphatic carbocycles. The van der Waals surface area contributed by atoms with Crippen LogP contribution < -0.4 is 10.1 Å². The zero-order valence-corrected chi connectivity index (χ0v) is 22.5. The third kappa shape index (κ3) is 4.45. The Morgan fingerprint density at radius 1 is 1.03 bits per heavy atom. The summed E-state index contributed by atoms with van der Waals surface area (Å²) in [7, 11) is 1.67. The summed E-state index contributed by atoms with van der Waals surface area (Å²) in [5, 5.41) is 5.29. The van der Waals surface area contributed by atoms with Crippen molar-refractivity contribution in [2.24, 2.45) is 0 Å². The van der Waals surface area contributed by atoms with Crippen molar-refractivity contribution in [3.8, 4) is 11.4 Å². The van der Waals surface area contributed by atoms with E-state index in [9.17, 15) is 0 Å². The van der Waals surface area contributed by atoms with Gasteiger partial charge in [0.05, 0.1) is 40.6 Å². The number of benzene rings is 2. The molecule has 1 aliphatic rings. The minimum atomic E-state index is -0.110. The summed E-state index contributed by atoms with van der Waals surface area (Å²) in [5.74, 6) is 0.825. The summed E-state index contributed by atoms with van der Waals surface area (Å²) in [6.45, 7) is 4.84. The van der Waals surface area contributed by atoms with Crippen LogP contribution in [0.4, 0.5) is 0 Å². The first-order valence-corrected chi connectivity index (χ1v) is 12.8. The van der Waals surface area contributed by atoms with Crippen LogP contribution in [0, 0.1) is 13.8 Å². The Hall–Kier alpha value is -3.06. The van der Waals surface area contributed by atoms with Crippen LogP contribution in [0.2, 0.25) is 10.0 Å². The SMILES string of the molecule is COc1ccc(CN2C(=S)N[C@@H](c3ccccn3)[C@H]2c2cc(C)n(-c3cccc(Cl)c3Cl)c2C)cc1. The Labute approximate surface area is 226 Å². The lowest BCUT2D eigenvalue weighted by atomic mass is 9.96. The third-order valence-electron chi connectivity index (χ3n) is 6.67. The van der Waals surface area contributed by atoms with Gasteiger partial charge in [0.1, 0.15) is 5.75 Å². The Kier molecular flexibility index (Phi) is 6.93. The molecule has 0 saturated carbocycles. The highest BCUT2D eigenvalue weighted by Gasteiger charge is 2.41. The maximum atomic E-state index is 6.63. The Morgan fingerprint density at radius 2 is 1.81 bits per heavy atom. The fourth-order valence-corrected chi connectivity index (χ4v) is 5.65. The maximum absolute atomic E-state index is 6.63. The summed E-state index contributed by atoms with van der Waals surface area (Å²) in [4.78, 5) is 6.91. The molecular weight excluding hydrogens is 511 g/mol. The van der Waals surface area contributed by atoms with Crippen LogP contribution in [0.15, 0.2) is 72.9 Å². The molecule has 8 heteroatoms. The second-order valence-electron chi connectivity index (χ2n) is 8.84. The summed E-state index contributed by atoms with van der Waals surface area (Å²) < 4.78 is 7.49. The first-order valence-electron chi connectivity index (χ1n) is 11.6. The number of aromatic nitrogens is 2. The number of hydrogen-bond donors (Lipinski definition) is 1. The van der Waals surface area contributed by atoms with Crippen LogP contribution in [0.25, 0.3) is 5.69 Å². The minimum absolute atomic E-state index is 0.0765. The molecule has 1 saturated heterocycles. The second kappa shape index (κ2) is 10.1. The molecule has 184 valence electrons. The van der Waals surface area contributed by atoms with Crippen LogP contribution in [-0.2, 0) is 6.54 Å². The van der Waals surface area contributed by atoms with E-state index in [2.05, 4.69) is 51.8 Å². The lowest BCUT2D eigenvalue weighted by Crippen LogP contribution is -2.29. The Bertz CT molecular complexity index is 1410. The van der Waals surface area contributed by atoms with E-state index in [0.717, 1.165) is 39.6 Å². The van der Waals surface area contributed by atoms with Crippen LogP contribution in [0.1, 0.15) is 40.3 Å². The van der Waals surface area contributed by atoms with Gasteiger partial charge >= 0.3 is 0 Å². The molecule has 5 nitrogen and oxygen atoms in total. The lowest BCUT2D eigenvalue weighted by Gasteiger charge is -2.28. The van der Waals surface area contributed by atoms with Crippen LogP contribution in [-0.4, -0.2) is 26.7 Å². The van der Waals surface area contributed by atoms with E-state index in [0.29, 0.717) is 21.7 Å². The largest absolute Gasteiger partial charge is 0.497 e. The first-order chi connectivity index (χ1) is 17.4. The molecule has 5 rings (SSSR count). The van der Waals surface area contributed by atoms with Gasteiger partial charge in [0.2, 0.25) is 0 Å². The number of ether oxygens (including phenoxy) is 1. The van der Waals surface area contributed by atoms with Crippen LogP contribution >= 0.6 is 35.4 Å². The van der Waals surface area contributed by atoms with E-state index in [1.165, 1.54) is 0 Å². The van der Waals surface area contributed by atoms with Crippen molar-refractivity contribution in [3.63, 3.8) is 0 Å². The molecular formula is C28H26Cl2N4OS. The maximum Gasteiger partial charge on any atom is 0.170 e. The molecule has 0 bridgehead atoms. The van der Waals surface area contributed by atoms with E-state index >= 15 is 0 Å². The van der Waals surface area contributed by atoms with Gasteiger partial charge < -0.3 is 19.5 Å². The second-order valence-corrected chi connectivity index (χ2v) is 10.0. The van der Waals surface area contributed by atoms with Gasteiger partial charge in [-0.15, -0.1) is 0 Å². The first kappa shape index (κ1) is 24.6. The Balaban J connectivity index is 1.61. The number of aryl methyl sites for hydroxylation is 1. The molecule has 2 atom stereocenters. The van der Waals surface area contributed by atoms with Gasteiger partial charge in [0.25, 0.3) is 0 Å². The van der Waals surface area contributed by atoms with Gasteiger partial charge in [-0.1, -0.05) is 47.5 Å². The average Bonchev–Trinajstić information content (AvgIpc) is 3.36. The number of nitrogens with zero attached hydrogens (tertiary/aromatic N) is 3. The highest BCUT2D eigenvalue weighted by molar-refractivity contribution is 7.80. The molecule has 36 heavy (non-hydrogen) atoms. The fraction of sp³-hybridized carbons (Fsp3) is 0.214. The smallest absolute Gasteiger partial charge is 0.170 e. The molecule has 0 unspecified atom stereocenters. The monoisotopic (exact) mass is 536 g/mol. The number of nitrogens with one attached hydrogen (secondary N) is 1. The third-order valence-corrected chi connectivity index (χ3v) is 7.83. The lowest BCUT2D eigenvalue weighted by molar-refractivity contribution is 0.310. The van der Waals surface area contributed by atoms with E-state index in [4.69, 9.17) is 40.2 Å². The van der Waals surface area contributed by atoms with Gasteiger partial charge in [-0.25, -0.2) is 0 Å². The minimum Gasteiger partial charge on any atom is -0.497 e. The van der Waals surface area contributed by atoms with E-state index in [1.807, 2.05) is 48.7 Å². The van der Waals surface area contributed by atoms with Crippen molar-refractivity contribution < 1.29 is 4.74 Å². The quantitative estimate of drug-likeness (QED) is 0.269. The number of thiocarbonyl (C=S) groups is 1. The highest BCUT2D eigenvalue weighted by Crippen LogP contribution is 2.43. The van der Waals surface area contributed by atoms with E-state index < -0.39 is 0 Å². The molecule has 1 aliphatic heterocycles. The highest BCUT2D eigenvalue weighted by atomic mass is 35.5. The molecule has 2 aromatic heterocycles. The van der Waals surface area contributed by atoms with E-state index in [-0.39, 0.29) is 12.1 Å². The van der Waals surface area contributed by atoms with Crippen molar-refractivity contribution in [2.75, 3.05) is 7.11 Å². The van der Waals surface area contributed by atoms with Gasteiger partial charge in [-0.3, -0.25) is 4.98 Å². The molecule has 3 heterocycles. The molecule has 1 fully saturated rings. The standard InChI is InChI=1S/C28H26Cl2N4OS/c1-17-15-21(18(2)34(17)24-9-6-7-22(29)25(24)30)27-26(23-8-4-5-14-31-23)32-28(36)33(27)16-19-10-12-20(35-3)13-11-19/h4-15,26-27H,16H2,1-3H3,(H,32,36)/t26-,27+/m0/s1. The van der Waals surface area contributed by atoms with Crippen molar-refractivity contribution in [3.05, 3.63) is 111 Å². The van der Waals surface area contributed by atoms with Gasteiger partial charge in [-0.2, -0.15) is 0 Å². The molecule has 1 N–H and O–H groups in total. The Morgan fingerprint density at radius 3 is 2.50 bits per heavy atom. The van der Waals surface area contributed by atoms with Crippen LogP contribution in [0.3, 0.4) is 0 Å². The number of rotatable bonds is 6. The zero-order chi connectivity index (χ0) is 25.4. The van der Waals surface area contributed by atoms with Gasteiger partial charge in [0.15, 0.2) is 5.11 Å².